The van der Waals surface area contributed by atoms with Crippen LogP contribution in [0.4, 0.5) is 5.69 Å². The van der Waals surface area contributed by atoms with E-state index in [1.165, 1.54) is 16.4 Å². The van der Waals surface area contributed by atoms with Crippen LogP contribution in [0.2, 0.25) is 0 Å². The normalized spacial score (nSPS) is 16.4. The second-order valence-electron chi connectivity index (χ2n) is 6.20. The topological polar surface area (TPSA) is 69.7 Å². The number of nitrogens with zero attached hydrogens (tertiary/aromatic N) is 2. The van der Waals surface area contributed by atoms with Gasteiger partial charge in [-0.2, -0.15) is 4.31 Å². The minimum atomic E-state index is -3.59. The Morgan fingerprint density at radius 2 is 1.69 bits per heavy atom. The van der Waals surface area contributed by atoms with Crippen molar-refractivity contribution in [1.29, 1.82) is 0 Å². The van der Waals surface area contributed by atoms with Crippen LogP contribution in [-0.4, -0.2) is 56.8 Å². The number of carbonyl (C=O) groups is 1. The Balaban J connectivity index is 1.79. The minimum absolute atomic E-state index is 0.150. The zero-order chi connectivity index (χ0) is 18.7. The van der Waals surface area contributed by atoms with Crippen LogP contribution in [0, 0.1) is 3.57 Å². The second kappa shape index (κ2) is 8.03. The predicted octanol–water partition coefficient (Wildman–Crippen LogP) is 2.48. The fourth-order valence-electron chi connectivity index (χ4n) is 2.71. The molecule has 8 heteroatoms. The van der Waals surface area contributed by atoms with Gasteiger partial charge in [0.15, 0.2) is 0 Å². The average molecular weight is 485 g/mol. The van der Waals surface area contributed by atoms with Crippen LogP contribution in [0.1, 0.15) is 10.4 Å². The fraction of sp³-hybridized carbons (Fsp3) is 0.278. The van der Waals surface area contributed by atoms with E-state index in [-0.39, 0.29) is 10.8 Å². The van der Waals surface area contributed by atoms with Gasteiger partial charge in [0.25, 0.3) is 5.91 Å². The van der Waals surface area contributed by atoms with Crippen LogP contribution in [-0.2, 0) is 10.0 Å². The summed E-state index contributed by atoms with van der Waals surface area (Å²) in [6, 6.07) is 13.6. The number of hydrogen-bond donors (Lipinski definition) is 1. The zero-order valence-corrected chi connectivity index (χ0v) is 17.3. The molecule has 0 spiro atoms. The monoisotopic (exact) mass is 485 g/mol. The molecule has 0 aromatic heterocycles. The Hall–Kier alpha value is -1.49. The molecule has 0 saturated carbocycles. The van der Waals surface area contributed by atoms with Gasteiger partial charge < -0.3 is 10.2 Å². The maximum atomic E-state index is 12.8. The van der Waals surface area contributed by atoms with Crippen LogP contribution in [0.3, 0.4) is 0 Å². The van der Waals surface area contributed by atoms with Crippen molar-refractivity contribution in [3.05, 3.63) is 57.7 Å². The number of likely N-dealkylation sites (N-methyl/N-ethyl adjacent to an activating group) is 1. The predicted molar refractivity (Wildman–Crippen MR) is 110 cm³/mol. The third-order valence-corrected chi connectivity index (χ3v) is 6.91. The van der Waals surface area contributed by atoms with Gasteiger partial charge in [-0.3, -0.25) is 4.79 Å². The molecule has 1 aliphatic heterocycles. The zero-order valence-electron chi connectivity index (χ0n) is 14.4. The molecule has 1 heterocycles. The first-order chi connectivity index (χ1) is 12.4. The van der Waals surface area contributed by atoms with E-state index < -0.39 is 10.0 Å². The molecule has 1 fully saturated rings. The molecule has 26 heavy (non-hydrogen) atoms. The van der Waals surface area contributed by atoms with E-state index in [4.69, 9.17) is 0 Å². The number of nitrogens with one attached hydrogen (secondary N) is 1. The number of anilines is 1. The van der Waals surface area contributed by atoms with Gasteiger partial charge in [0.1, 0.15) is 0 Å². The highest BCUT2D eigenvalue weighted by Crippen LogP contribution is 2.20. The summed E-state index contributed by atoms with van der Waals surface area (Å²) in [5.41, 5.74) is 0.987. The number of hydrogen-bond acceptors (Lipinski definition) is 4. The summed E-state index contributed by atoms with van der Waals surface area (Å²) in [7, 11) is -1.62. The Morgan fingerprint density at radius 1 is 1.04 bits per heavy atom. The Bertz CT molecular complexity index is 892. The van der Waals surface area contributed by atoms with Gasteiger partial charge in [0, 0.05) is 41.0 Å². The summed E-state index contributed by atoms with van der Waals surface area (Å²) >= 11 is 2.19. The Labute approximate surface area is 167 Å². The molecule has 3 rings (SSSR count). The first kappa shape index (κ1) is 19.3. The maximum absolute atomic E-state index is 12.8. The van der Waals surface area contributed by atoms with Crippen molar-refractivity contribution in [1.82, 2.24) is 9.21 Å². The van der Waals surface area contributed by atoms with Crippen molar-refractivity contribution in [2.45, 2.75) is 4.90 Å². The Kier molecular flexibility index (Phi) is 5.96. The van der Waals surface area contributed by atoms with E-state index in [0.29, 0.717) is 37.4 Å². The summed E-state index contributed by atoms with van der Waals surface area (Å²) in [5.74, 6) is -0.332. The number of sulfonamides is 1. The van der Waals surface area contributed by atoms with Crippen molar-refractivity contribution >= 4 is 44.2 Å². The van der Waals surface area contributed by atoms with Crippen LogP contribution < -0.4 is 5.32 Å². The fourth-order valence-corrected chi connectivity index (χ4v) is 4.54. The standard InChI is InChI=1S/C18H20IN3O3S/c1-21-9-11-22(12-10-21)26(24,25)17-4-2-3-14(13-17)18(23)20-16-7-5-15(19)6-8-16/h2-8,13H,9-12H2,1H3,(H,20,23). The molecular weight excluding hydrogens is 465 g/mol. The van der Waals surface area contributed by atoms with E-state index >= 15 is 0 Å². The minimum Gasteiger partial charge on any atom is -0.322 e. The van der Waals surface area contributed by atoms with Gasteiger partial charge in [0.05, 0.1) is 4.90 Å². The lowest BCUT2D eigenvalue weighted by Crippen LogP contribution is -2.47. The average Bonchev–Trinajstić information content (AvgIpc) is 2.64. The molecule has 0 atom stereocenters. The number of piperazine rings is 1. The van der Waals surface area contributed by atoms with Crippen molar-refractivity contribution < 1.29 is 13.2 Å². The number of benzene rings is 2. The molecular formula is C18H20IN3O3S. The SMILES string of the molecule is CN1CCN(S(=O)(=O)c2cccc(C(=O)Nc3ccc(I)cc3)c2)CC1. The molecule has 1 aliphatic rings. The van der Waals surface area contributed by atoms with Crippen LogP contribution >= 0.6 is 22.6 Å². The molecule has 1 saturated heterocycles. The van der Waals surface area contributed by atoms with Gasteiger partial charge in [-0.25, -0.2) is 8.42 Å². The second-order valence-corrected chi connectivity index (χ2v) is 9.38. The highest BCUT2D eigenvalue weighted by molar-refractivity contribution is 14.1. The number of amides is 1. The van der Waals surface area contributed by atoms with E-state index in [9.17, 15) is 13.2 Å². The maximum Gasteiger partial charge on any atom is 0.255 e. The van der Waals surface area contributed by atoms with Crippen LogP contribution in [0.15, 0.2) is 53.4 Å². The van der Waals surface area contributed by atoms with E-state index in [2.05, 4.69) is 32.8 Å². The van der Waals surface area contributed by atoms with Crippen LogP contribution in [0.5, 0.6) is 0 Å². The summed E-state index contributed by atoms with van der Waals surface area (Å²) in [4.78, 5) is 14.7. The summed E-state index contributed by atoms with van der Waals surface area (Å²) in [6.45, 7) is 2.31. The number of halogens is 1. The molecule has 0 radical (unpaired) electrons. The molecule has 2 aromatic carbocycles. The lowest BCUT2D eigenvalue weighted by molar-refractivity contribution is 0.102. The van der Waals surface area contributed by atoms with Crippen LogP contribution in [0.25, 0.3) is 0 Å². The van der Waals surface area contributed by atoms with Gasteiger partial charge in [-0.1, -0.05) is 6.07 Å². The van der Waals surface area contributed by atoms with E-state index in [0.717, 1.165) is 3.57 Å². The highest BCUT2D eigenvalue weighted by atomic mass is 127. The van der Waals surface area contributed by atoms with Gasteiger partial charge in [-0.15, -0.1) is 0 Å². The smallest absolute Gasteiger partial charge is 0.255 e. The quantitative estimate of drug-likeness (QED) is 0.676. The summed E-state index contributed by atoms with van der Waals surface area (Å²) < 4.78 is 28.2. The first-order valence-corrected chi connectivity index (χ1v) is 10.7. The molecule has 0 bridgehead atoms. The molecule has 0 aliphatic carbocycles. The summed E-state index contributed by atoms with van der Waals surface area (Å²) in [6.07, 6.45) is 0. The molecule has 6 nitrogen and oxygen atoms in total. The largest absolute Gasteiger partial charge is 0.322 e. The lowest BCUT2D eigenvalue weighted by atomic mass is 10.2. The van der Waals surface area contributed by atoms with Crippen molar-refractivity contribution in [2.75, 3.05) is 38.5 Å². The Morgan fingerprint density at radius 3 is 2.35 bits per heavy atom. The van der Waals surface area contributed by atoms with Crippen molar-refractivity contribution in [3.63, 3.8) is 0 Å². The first-order valence-electron chi connectivity index (χ1n) is 8.22. The molecule has 1 N–H and O–H groups in total. The van der Waals surface area contributed by atoms with E-state index in [1.807, 2.05) is 31.3 Å². The van der Waals surface area contributed by atoms with Gasteiger partial charge in [0.2, 0.25) is 10.0 Å². The van der Waals surface area contributed by atoms with Crippen molar-refractivity contribution in [2.24, 2.45) is 0 Å². The van der Waals surface area contributed by atoms with Gasteiger partial charge in [-0.05, 0) is 72.1 Å². The lowest BCUT2D eigenvalue weighted by Gasteiger charge is -2.31. The number of rotatable bonds is 4. The highest BCUT2D eigenvalue weighted by Gasteiger charge is 2.27. The molecule has 0 unspecified atom stereocenters. The third kappa shape index (κ3) is 4.43. The van der Waals surface area contributed by atoms with E-state index in [1.54, 1.807) is 12.1 Å². The summed E-state index contributed by atoms with van der Waals surface area (Å²) in [5, 5.41) is 2.79. The molecule has 2 aromatic rings. The molecule has 138 valence electrons. The number of carbonyl (C=O) groups excluding carboxylic acids is 1. The van der Waals surface area contributed by atoms with Crippen molar-refractivity contribution in [3.8, 4) is 0 Å². The van der Waals surface area contributed by atoms with Gasteiger partial charge >= 0.3 is 0 Å². The molecule has 1 amide bonds. The third-order valence-electron chi connectivity index (χ3n) is 4.30.